The van der Waals surface area contributed by atoms with E-state index in [1.807, 2.05) is 6.92 Å². The Morgan fingerprint density at radius 1 is 1.36 bits per heavy atom. The standard InChI is InChI=1S/C21H24FN7O4/c1-3-13-16-20(28-18(23)27-16)21(31,32)15(8-29(20)19(24)26-13)33-17(30)12-6-9(2)25-14-5-4-10(22)7-11(12)14/h4-7,13,15-16,31-32H,3,8H2,1-2H3,(H5,23,24,26,27,28)/p+1/t13-,15-,16-,20-/m0/s1. The van der Waals surface area contributed by atoms with E-state index in [0.29, 0.717) is 17.6 Å². The number of carbonyl (C=O) groups is 1. The van der Waals surface area contributed by atoms with Crippen molar-refractivity contribution in [1.82, 2.24) is 15.6 Å². The van der Waals surface area contributed by atoms with E-state index in [4.69, 9.17) is 16.2 Å². The fraction of sp³-hybridized carbons (Fsp3) is 0.429. The number of aliphatic hydroxyl groups is 2. The Kier molecular flexibility index (Phi) is 4.52. The molecule has 3 aliphatic heterocycles. The quantitative estimate of drug-likeness (QED) is 0.184. The van der Waals surface area contributed by atoms with Gasteiger partial charge in [0, 0.05) is 11.1 Å². The second-order valence-electron chi connectivity index (χ2n) is 8.60. The van der Waals surface area contributed by atoms with Crippen molar-refractivity contribution in [2.45, 2.75) is 49.9 Å². The van der Waals surface area contributed by atoms with Crippen molar-refractivity contribution in [3.05, 3.63) is 41.3 Å². The number of halogens is 1. The first-order valence-corrected chi connectivity index (χ1v) is 10.6. The van der Waals surface area contributed by atoms with Crippen LogP contribution in [0.25, 0.3) is 10.9 Å². The summed E-state index contributed by atoms with van der Waals surface area (Å²) in [6, 6.07) is 4.31. The van der Waals surface area contributed by atoms with Crippen molar-refractivity contribution in [1.29, 1.82) is 0 Å². The summed E-state index contributed by atoms with van der Waals surface area (Å²) in [5, 5.41) is 28.9. The molecule has 4 atom stereocenters. The number of aryl methyl sites for hydroxylation is 1. The fourth-order valence-electron chi connectivity index (χ4n) is 5.12. The molecule has 4 heterocycles. The first-order chi connectivity index (χ1) is 15.6. The molecular formula is C21H25FN7O4+. The molecule has 0 bridgehead atoms. The number of guanidine groups is 2. The molecule has 0 unspecified atom stereocenters. The molecular weight excluding hydrogens is 433 g/mol. The maximum Gasteiger partial charge on any atom is 0.346 e. The zero-order chi connectivity index (χ0) is 23.7. The smallest absolute Gasteiger partial charge is 0.346 e. The van der Waals surface area contributed by atoms with Gasteiger partial charge in [-0.25, -0.2) is 18.8 Å². The molecule has 1 aromatic carbocycles. The molecule has 0 radical (unpaired) electrons. The van der Waals surface area contributed by atoms with Crippen LogP contribution >= 0.6 is 0 Å². The molecule has 174 valence electrons. The van der Waals surface area contributed by atoms with Gasteiger partial charge in [-0.15, -0.1) is 0 Å². The van der Waals surface area contributed by atoms with Gasteiger partial charge in [0.2, 0.25) is 5.66 Å². The van der Waals surface area contributed by atoms with Gasteiger partial charge in [-0.2, -0.15) is 0 Å². The van der Waals surface area contributed by atoms with E-state index in [0.717, 1.165) is 0 Å². The minimum atomic E-state index is -2.61. The van der Waals surface area contributed by atoms with Crippen molar-refractivity contribution < 1.29 is 28.7 Å². The average molecular weight is 458 g/mol. The molecule has 0 amide bonds. The Morgan fingerprint density at radius 2 is 2.12 bits per heavy atom. The second kappa shape index (κ2) is 6.99. The van der Waals surface area contributed by atoms with E-state index in [1.165, 1.54) is 28.8 Å². The molecule has 1 saturated heterocycles. The largest absolute Gasteiger partial charge is 0.449 e. The number of benzene rings is 1. The number of pyridine rings is 1. The molecule has 0 aliphatic carbocycles. The number of nitrogens with two attached hydrogens (primary N) is 2. The molecule has 1 spiro atoms. The molecule has 2 aromatic rings. The van der Waals surface area contributed by atoms with Crippen LogP contribution in [0.4, 0.5) is 4.39 Å². The predicted molar refractivity (Wildman–Crippen MR) is 116 cm³/mol. The van der Waals surface area contributed by atoms with E-state index >= 15 is 0 Å². The number of hydrogen-bond acceptors (Lipinski definition) is 10. The van der Waals surface area contributed by atoms with Gasteiger partial charge in [0.1, 0.15) is 24.4 Å². The summed E-state index contributed by atoms with van der Waals surface area (Å²) in [5.41, 5.74) is 11.5. The van der Waals surface area contributed by atoms with E-state index < -0.39 is 35.4 Å². The van der Waals surface area contributed by atoms with Crippen LogP contribution in [0.1, 0.15) is 29.4 Å². The van der Waals surface area contributed by atoms with E-state index in [9.17, 15) is 19.4 Å². The van der Waals surface area contributed by atoms with E-state index in [1.54, 1.807) is 6.92 Å². The Bertz CT molecular complexity index is 1250. The molecule has 33 heavy (non-hydrogen) atoms. The molecule has 5 rings (SSSR count). The van der Waals surface area contributed by atoms with Crippen LogP contribution in [0.3, 0.4) is 0 Å². The van der Waals surface area contributed by atoms with Crippen molar-refractivity contribution in [3.8, 4) is 0 Å². The van der Waals surface area contributed by atoms with Crippen molar-refractivity contribution in [3.63, 3.8) is 0 Å². The zero-order valence-electron chi connectivity index (χ0n) is 18.0. The van der Waals surface area contributed by atoms with Crippen LogP contribution in [0.2, 0.25) is 0 Å². The highest BCUT2D eigenvalue weighted by molar-refractivity contribution is 6.03. The van der Waals surface area contributed by atoms with Crippen LogP contribution in [-0.2, 0) is 4.74 Å². The Hall–Kier alpha value is -3.51. The number of aromatic nitrogens is 1. The monoisotopic (exact) mass is 458 g/mol. The van der Waals surface area contributed by atoms with Gasteiger partial charge in [-0.05, 0) is 37.6 Å². The van der Waals surface area contributed by atoms with Gasteiger partial charge in [-0.3, -0.25) is 16.0 Å². The summed E-state index contributed by atoms with van der Waals surface area (Å²) in [7, 11) is 0. The van der Waals surface area contributed by atoms with Gasteiger partial charge >= 0.3 is 11.9 Å². The molecule has 12 heteroatoms. The lowest BCUT2D eigenvalue weighted by molar-refractivity contribution is -0.623. The number of esters is 1. The minimum Gasteiger partial charge on any atom is -0.449 e. The first kappa shape index (κ1) is 21.3. The maximum absolute atomic E-state index is 13.9. The van der Waals surface area contributed by atoms with Gasteiger partial charge < -0.3 is 26.0 Å². The molecule has 8 N–H and O–H groups in total. The van der Waals surface area contributed by atoms with Crippen LogP contribution in [0.5, 0.6) is 0 Å². The third-order valence-corrected chi connectivity index (χ3v) is 6.62. The summed E-state index contributed by atoms with van der Waals surface area (Å²) in [6.45, 7) is 3.45. The third-order valence-electron chi connectivity index (χ3n) is 6.62. The lowest BCUT2D eigenvalue weighted by Crippen LogP contribution is -2.78. The van der Waals surface area contributed by atoms with Crippen molar-refractivity contribution >= 4 is 28.8 Å². The summed E-state index contributed by atoms with van der Waals surface area (Å²) in [4.78, 5) is 21.9. The Balaban J connectivity index is 1.54. The molecule has 11 nitrogen and oxygen atoms in total. The predicted octanol–water partition coefficient (Wildman–Crippen LogP) is -1.41. The SMILES string of the molecule is CC[C@@H]1NC(N)=[N+]2C[C@H](OC(=O)c3cc(C)nc4ccc(F)cc34)C(O)(O)[C@@]23NC(N)=N[C@@H]13. The van der Waals surface area contributed by atoms with E-state index in [-0.39, 0.29) is 35.5 Å². The first-order valence-electron chi connectivity index (χ1n) is 10.6. The molecule has 3 aliphatic rings. The topological polar surface area (TPSA) is 171 Å². The number of nitrogens with one attached hydrogen (secondary N) is 2. The number of nitrogens with zero attached hydrogens (tertiary/aromatic N) is 3. The molecule has 0 saturated carbocycles. The third kappa shape index (κ3) is 2.87. The van der Waals surface area contributed by atoms with Gasteiger partial charge in [-0.1, -0.05) is 6.92 Å². The summed E-state index contributed by atoms with van der Waals surface area (Å²) in [6.07, 6.45) is -0.845. The number of fused-ring (bicyclic) bond motifs is 1. The van der Waals surface area contributed by atoms with Crippen LogP contribution < -0.4 is 22.1 Å². The van der Waals surface area contributed by atoms with Crippen molar-refractivity contribution in [2.75, 3.05) is 6.54 Å². The highest BCUT2D eigenvalue weighted by Gasteiger charge is 2.75. The number of rotatable bonds is 3. The Labute approximate surface area is 188 Å². The number of hydrogen-bond donors (Lipinski definition) is 6. The summed E-state index contributed by atoms with van der Waals surface area (Å²) in [5.74, 6) is -3.81. The average Bonchev–Trinajstić information content (AvgIpc) is 3.22. The van der Waals surface area contributed by atoms with Gasteiger partial charge in [0.15, 0.2) is 12.1 Å². The second-order valence-corrected chi connectivity index (χ2v) is 8.60. The maximum atomic E-state index is 13.9. The van der Waals surface area contributed by atoms with Gasteiger partial charge in [0.05, 0.1) is 11.1 Å². The molecule has 1 fully saturated rings. The van der Waals surface area contributed by atoms with Crippen LogP contribution in [0, 0.1) is 12.7 Å². The lowest BCUT2D eigenvalue weighted by Gasteiger charge is -2.43. The van der Waals surface area contributed by atoms with Crippen LogP contribution in [0.15, 0.2) is 29.3 Å². The highest BCUT2D eigenvalue weighted by Crippen LogP contribution is 2.43. The minimum absolute atomic E-state index is 0.0191. The summed E-state index contributed by atoms with van der Waals surface area (Å²) < 4.78 is 21.0. The van der Waals surface area contributed by atoms with Crippen molar-refractivity contribution in [2.24, 2.45) is 16.5 Å². The number of carbonyl (C=O) groups excluding carboxylic acids is 1. The van der Waals surface area contributed by atoms with Crippen LogP contribution in [-0.4, -0.2) is 73.8 Å². The normalized spacial score (nSPS) is 29.7. The number of ether oxygens (including phenoxy) is 1. The zero-order valence-corrected chi connectivity index (χ0v) is 18.0. The molecule has 1 aromatic heterocycles. The highest BCUT2D eigenvalue weighted by atomic mass is 19.1. The number of aliphatic imine (C=N–C) groups is 1. The Morgan fingerprint density at radius 3 is 2.85 bits per heavy atom. The summed E-state index contributed by atoms with van der Waals surface area (Å²) >= 11 is 0. The fourth-order valence-corrected chi connectivity index (χ4v) is 5.12. The van der Waals surface area contributed by atoms with Gasteiger partial charge in [0.25, 0.3) is 5.79 Å². The van der Waals surface area contributed by atoms with E-state index in [2.05, 4.69) is 20.6 Å². The lowest BCUT2D eigenvalue weighted by atomic mass is 9.85.